The van der Waals surface area contributed by atoms with Crippen LogP contribution >= 0.6 is 0 Å². The standard InChI is InChI=1S/C25H23N3O3/c1-15(2)17-7-10-19(11-8-17)27-25-21(13-18-9-12-20(29)14-22(18)31-25)24(30)28-23-6-4-5-16(3)26-23/h4-15,29H,1-3H3,(H,26,28,30). The van der Waals surface area contributed by atoms with E-state index >= 15 is 0 Å². The number of rotatable bonds is 4. The Balaban J connectivity index is 1.82. The van der Waals surface area contributed by atoms with Gasteiger partial charge in [0.05, 0.1) is 5.69 Å². The molecular weight excluding hydrogens is 390 g/mol. The molecule has 0 spiro atoms. The van der Waals surface area contributed by atoms with Crippen LogP contribution in [0.1, 0.15) is 41.4 Å². The normalized spacial score (nSPS) is 11.8. The second-order valence-electron chi connectivity index (χ2n) is 7.66. The summed E-state index contributed by atoms with van der Waals surface area (Å²) in [5.74, 6) is 0.549. The minimum absolute atomic E-state index is 0.0737. The van der Waals surface area contributed by atoms with Gasteiger partial charge < -0.3 is 14.8 Å². The lowest BCUT2D eigenvalue weighted by Crippen LogP contribution is -2.22. The summed E-state index contributed by atoms with van der Waals surface area (Å²) in [5.41, 5.74) is 3.52. The second kappa shape index (κ2) is 8.44. The predicted molar refractivity (Wildman–Crippen MR) is 121 cm³/mol. The smallest absolute Gasteiger partial charge is 0.262 e. The third-order valence-corrected chi connectivity index (χ3v) is 4.90. The number of amides is 1. The molecule has 4 rings (SSSR count). The molecule has 6 nitrogen and oxygen atoms in total. The first-order valence-electron chi connectivity index (χ1n) is 10.1. The Kier molecular flexibility index (Phi) is 5.54. The van der Waals surface area contributed by atoms with E-state index < -0.39 is 0 Å². The number of hydrogen-bond donors (Lipinski definition) is 2. The van der Waals surface area contributed by atoms with E-state index in [0.717, 1.165) is 5.69 Å². The molecule has 0 unspecified atom stereocenters. The van der Waals surface area contributed by atoms with E-state index in [4.69, 9.17) is 4.42 Å². The lowest BCUT2D eigenvalue weighted by Gasteiger charge is -2.08. The third-order valence-electron chi connectivity index (χ3n) is 4.90. The van der Waals surface area contributed by atoms with E-state index in [1.807, 2.05) is 43.3 Å². The van der Waals surface area contributed by atoms with E-state index in [9.17, 15) is 9.90 Å². The Morgan fingerprint density at radius 3 is 2.55 bits per heavy atom. The highest BCUT2D eigenvalue weighted by Gasteiger charge is 2.14. The number of aromatic nitrogens is 1. The molecule has 4 aromatic rings. The lowest BCUT2D eigenvalue weighted by molar-refractivity contribution is 0.102. The summed E-state index contributed by atoms with van der Waals surface area (Å²) >= 11 is 0. The van der Waals surface area contributed by atoms with Crippen LogP contribution in [0.15, 0.2) is 76.1 Å². The third kappa shape index (κ3) is 4.64. The van der Waals surface area contributed by atoms with Crippen LogP contribution in [-0.4, -0.2) is 16.0 Å². The highest BCUT2D eigenvalue weighted by atomic mass is 16.3. The van der Waals surface area contributed by atoms with Crippen molar-refractivity contribution in [2.75, 3.05) is 5.32 Å². The number of carbonyl (C=O) groups is 1. The largest absolute Gasteiger partial charge is 0.508 e. The van der Waals surface area contributed by atoms with Crippen LogP contribution in [-0.2, 0) is 0 Å². The molecule has 2 aromatic heterocycles. The Labute approximate surface area is 179 Å². The molecule has 0 fully saturated rings. The summed E-state index contributed by atoms with van der Waals surface area (Å²) < 4.78 is 5.93. The van der Waals surface area contributed by atoms with Gasteiger partial charge in [-0.25, -0.2) is 9.98 Å². The number of aryl methyl sites for hydroxylation is 1. The average molecular weight is 413 g/mol. The minimum Gasteiger partial charge on any atom is -0.508 e. The van der Waals surface area contributed by atoms with Gasteiger partial charge in [0.1, 0.15) is 22.7 Å². The molecule has 0 aliphatic carbocycles. The zero-order valence-electron chi connectivity index (χ0n) is 17.6. The molecule has 0 aliphatic heterocycles. The molecule has 1 amide bonds. The molecule has 2 heterocycles. The number of hydrogen-bond acceptors (Lipinski definition) is 5. The van der Waals surface area contributed by atoms with Crippen LogP contribution in [0.3, 0.4) is 0 Å². The SMILES string of the molecule is Cc1cccc(NC(=O)c2cc3ccc(O)cc3oc2=Nc2ccc(C(C)C)cc2)n1. The number of carbonyl (C=O) groups excluding carboxylic acids is 1. The number of pyridine rings is 1. The van der Waals surface area contributed by atoms with Gasteiger partial charge in [0.25, 0.3) is 5.91 Å². The quantitative estimate of drug-likeness (QED) is 0.466. The molecular formula is C25H23N3O3. The van der Waals surface area contributed by atoms with Crippen molar-refractivity contribution in [1.29, 1.82) is 0 Å². The van der Waals surface area contributed by atoms with Gasteiger partial charge in [-0.2, -0.15) is 0 Å². The molecule has 0 aliphatic rings. The van der Waals surface area contributed by atoms with Gasteiger partial charge >= 0.3 is 0 Å². The minimum atomic E-state index is -0.380. The Hall–Kier alpha value is -3.93. The van der Waals surface area contributed by atoms with E-state index in [2.05, 4.69) is 29.1 Å². The molecule has 2 aromatic carbocycles. The second-order valence-corrected chi connectivity index (χ2v) is 7.66. The predicted octanol–water partition coefficient (Wildman–Crippen LogP) is 5.45. The molecule has 0 saturated heterocycles. The molecule has 156 valence electrons. The molecule has 6 heteroatoms. The van der Waals surface area contributed by atoms with Gasteiger partial charge in [-0.15, -0.1) is 0 Å². The van der Waals surface area contributed by atoms with Gasteiger partial charge in [-0.1, -0.05) is 32.0 Å². The van der Waals surface area contributed by atoms with Crippen molar-refractivity contribution in [3.8, 4) is 5.75 Å². The summed E-state index contributed by atoms with van der Waals surface area (Å²) in [5, 5.41) is 13.3. The van der Waals surface area contributed by atoms with Crippen LogP contribution < -0.4 is 10.9 Å². The van der Waals surface area contributed by atoms with Crippen molar-refractivity contribution >= 4 is 28.4 Å². The summed E-state index contributed by atoms with van der Waals surface area (Å²) in [4.78, 5) is 22.0. The van der Waals surface area contributed by atoms with Crippen molar-refractivity contribution in [2.45, 2.75) is 26.7 Å². The molecule has 0 radical (unpaired) electrons. The topological polar surface area (TPSA) is 87.7 Å². The van der Waals surface area contributed by atoms with Crippen LogP contribution in [0.2, 0.25) is 0 Å². The monoisotopic (exact) mass is 413 g/mol. The number of aromatic hydroxyl groups is 1. The zero-order valence-corrected chi connectivity index (χ0v) is 17.6. The van der Waals surface area contributed by atoms with Crippen molar-refractivity contribution in [1.82, 2.24) is 4.98 Å². The number of fused-ring (bicyclic) bond motifs is 1. The maximum absolute atomic E-state index is 13.1. The molecule has 0 atom stereocenters. The van der Waals surface area contributed by atoms with Crippen LogP contribution in [0.5, 0.6) is 5.75 Å². The number of nitrogens with zero attached hydrogens (tertiary/aromatic N) is 2. The van der Waals surface area contributed by atoms with E-state index in [1.165, 1.54) is 11.6 Å². The van der Waals surface area contributed by atoms with E-state index in [-0.39, 0.29) is 22.8 Å². The summed E-state index contributed by atoms with van der Waals surface area (Å²) in [7, 11) is 0. The van der Waals surface area contributed by atoms with Crippen molar-refractivity contribution in [2.24, 2.45) is 4.99 Å². The highest BCUT2D eigenvalue weighted by Crippen LogP contribution is 2.22. The Morgan fingerprint density at radius 2 is 1.84 bits per heavy atom. The lowest BCUT2D eigenvalue weighted by atomic mass is 10.0. The van der Waals surface area contributed by atoms with Crippen molar-refractivity contribution in [3.63, 3.8) is 0 Å². The first-order chi connectivity index (χ1) is 14.9. The van der Waals surface area contributed by atoms with E-state index in [0.29, 0.717) is 28.4 Å². The maximum atomic E-state index is 13.1. The molecule has 0 saturated carbocycles. The molecule has 2 N–H and O–H groups in total. The number of phenolic OH excluding ortho intramolecular Hbond substituents is 1. The maximum Gasteiger partial charge on any atom is 0.262 e. The first kappa shape index (κ1) is 20.3. The zero-order chi connectivity index (χ0) is 22.0. The summed E-state index contributed by atoms with van der Waals surface area (Å²) in [6.45, 7) is 6.10. The Bertz CT molecular complexity index is 1320. The van der Waals surface area contributed by atoms with E-state index in [1.54, 1.807) is 24.3 Å². The number of anilines is 1. The van der Waals surface area contributed by atoms with Gasteiger partial charge in [0, 0.05) is 17.1 Å². The van der Waals surface area contributed by atoms with Gasteiger partial charge in [-0.05, 0) is 60.9 Å². The number of nitrogens with one attached hydrogen (secondary N) is 1. The molecule has 31 heavy (non-hydrogen) atoms. The fourth-order valence-corrected chi connectivity index (χ4v) is 3.20. The van der Waals surface area contributed by atoms with Crippen LogP contribution in [0.4, 0.5) is 11.5 Å². The van der Waals surface area contributed by atoms with Crippen LogP contribution in [0.25, 0.3) is 11.0 Å². The van der Waals surface area contributed by atoms with Gasteiger partial charge in [-0.3, -0.25) is 4.79 Å². The summed E-state index contributed by atoms with van der Waals surface area (Å²) in [6, 6.07) is 19.6. The first-order valence-corrected chi connectivity index (χ1v) is 10.1. The Morgan fingerprint density at radius 1 is 1.06 bits per heavy atom. The highest BCUT2D eigenvalue weighted by molar-refractivity contribution is 6.05. The summed E-state index contributed by atoms with van der Waals surface area (Å²) in [6.07, 6.45) is 0. The fraction of sp³-hybridized carbons (Fsp3) is 0.160. The number of benzene rings is 2. The van der Waals surface area contributed by atoms with Gasteiger partial charge in [0.2, 0.25) is 5.55 Å². The van der Waals surface area contributed by atoms with Crippen molar-refractivity contribution in [3.05, 3.63) is 89.1 Å². The average Bonchev–Trinajstić information content (AvgIpc) is 2.73. The molecule has 0 bridgehead atoms. The van der Waals surface area contributed by atoms with Gasteiger partial charge in [0.15, 0.2) is 0 Å². The van der Waals surface area contributed by atoms with Crippen LogP contribution in [0, 0.1) is 6.92 Å². The fourth-order valence-electron chi connectivity index (χ4n) is 3.20. The van der Waals surface area contributed by atoms with Crippen molar-refractivity contribution < 1.29 is 14.3 Å². The number of phenols is 1.